The van der Waals surface area contributed by atoms with Crippen LogP contribution in [0.2, 0.25) is 0 Å². The van der Waals surface area contributed by atoms with Gasteiger partial charge in [-0.15, -0.1) is 8.73 Å². The van der Waals surface area contributed by atoms with Crippen LogP contribution in [0.4, 0.5) is 11.4 Å². The van der Waals surface area contributed by atoms with Gasteiger partial charge in [-0.25, -0.2) is 8.42 Å². The third-order valence-electron chi connectivity index (χ3n) is 2.66. The molecule has 0 aliphatic carbocycles. The molecule has 0 radical (unpaired) electrons. The largest absolute Gasteiger partial charge is 0.316 e. The van der Waals surface area contributed by atoms with E-state index in [4.69, 9.17) is 0 Å². The van der Waals surface area contributed by atoms with Crippen LogP contribution >= 0.6 is 0 Å². The summed E-state index contributed by atoms with van der Waals surface area (Å²) in [6.07, 6.45) is 0. The summed E-state index contributed by atoms with van der Waals surface area (Å²) >= 11 is 0. The van der Waals surface area contributed by atoms with Crippen molar-refractivity contribution >= 4 is 42.2 Å². The molecule has 0 amide bonds. The quantitative estimate of drug-likeness (QED) is 0.806. The molecule has 0 heterocycles. The zero-order valence-electron chi connectivity index (χ0n) is 11.2. The molecule has 0 saturated heterocycles. The van der Waals surface area contributed by atoms with Crippen molar-refractivity contribution in [2.45, 2.75) is 9.79 Å². The van der Waals surface area contributed by atoms with E-state index in [0.717, 1.165) is 0 Å². The zero-order valence-corrected chi connectivity index (χ0v) is 13.6. The summed E-state index contributed by atoms with van der Waals surface area (Å²) in [7, 11) is -9.91. The van der Waals surface area contributed by atoms with Gasteiger partial charge in [-0.3, -0.25) is 0 Å². The summed E-state index contributed by atoms with van der Waals surface area (Å²) in [5.41, 5.74) is -0.558. The molecule has 0 unspecified atom stereocenters. The third-order valence-corrected chi connectivity index (χ3v) is 5.20. The first-order valence-corrected chi connectivity index (χ1v) is 9.42. The summed E-state index contributed by atoms with van der Waals surface area (Å²) in [6.45, 7) is 0. The highest BCUT2D eigenvalue weighted by molar-refractivity contribution is 7.91. The van der Waals surface area contributed by atoms with Gasteiger partial charge in [-0.2, -0.15) is 16.8 Å². The average molecular weight is 372 g/mol. The molecule has 2 rings (SSSR count). The van der Waals surface area contributed by atoms with Crippen LogP contribution in [0.25, 0.3) is 0 Å². The molecular weight excluding hydrogens is 364 g/mol. The van der Waals surface area contributed by atoms with E-state index in [1.165, 1.54) is 48.5 Å². The van der Waals surface area contributed by atoms with Gasteiger partial charge in [0, 0.05) is 0 Å². The minimum atomic E-state index is -4.23. The molecule has 2 aromatic rings. The Morgan fingerprint density at radius 2 is 1.00 bits per heavy atom. The highest BCUT2D eigenvalue weighted by Gasteiger charge is 2.24. The molecule has 23 heavy (non-hydrogen) atoms. The molecule has 0 N–H and O–H groups in total. The summed E-state index contributed by atoms with van der Waals surface area (Å²) < 4.78 is 74.8. The van der Waals surface area contributed by atoms with Crippen LogP contribution in [0.3, 0.4) is 0 Å². The minimum Gasteiger partial charge on any atom is -0.218 e. The highest BCUT2D eigenvalue weighted by Crippen LogP contribution is 2.34. The number of benzene rings is 2. The molecule has 0 spiro atoms. The molecule has 0 bridgehead atoms. The Morgan fingerprint density at radius 3 is 1.35 bits per heavy atom. The number of hydrogen-bond acceptors (Lipinski definition) is 8. The van der Waals surface area contributed by atoms with Gasteiger partial charge >= 0.3 is 21.0 Å². The maximum atomic E-state index is 12.7. The van der Waals surface area contributed by atoms with Crippen molar-refractivity contribution in [2.24, 2.45) is 8.73 Å². The fourth-order valence-corrected chi connectivity index (χ4v) is 4.08. The first-order valence-electron chi connectivity index (χ1n) is 5.88. The summed E-state index contributed by atoms with van der Waals surface area (Å²) in [6, 6.07) is 10.4. The lowest BCUT2D eigenvalue weighted by Gasteiger charge is -2.08. The maximum Gasteiger partial charge on any atom is 0.316 e. The standard InChI is InChI=1S/C12H8N2O6S3/c15-21(16)13-9-5-1-3-7-11(9)23(19,20)12-8-4-2-6-10(12)14-22(17)18/h1-8H. The fraction of sp³-hybridized carbons (Fsp3) is 0. The zero-order chi connectivity index (χ0) is 17.0. The lowest BCUT2D eigenvalue weighted by atomic mass is 10.3. The lowest BCUT2D eigenvalue weighted by molar-refractivity contribution is 0.596. The van der Waals surface area contributed by atoms with Crippen LogP contribution in [0, 0.1) is 0 Å². The molecule has 0 atom stereocenters. The van der Waals surface area contributed by atoms with Crippen molar-refractivity contribution in [1.82, 2.24) is 0 Å². The van der Waals surface area contributed by atoms with Crippen molar-refractivity contribution in [2.75, 3.05) is 0 Å². The first-order chi connectivity index (χ1) is 10.8. The van der Waals surface area contributed by atoms with Gasteiger partial charge in [-0.1, -0.05) is 24.3 Å². The van der Waals surface area contributed by atoms with Crippen molar-refractivity contribution in [3.05, 3.63) is 48.5 Å². The van der Waals surface area contributed by atoms with Crippen LogP contribution in [-0.4, -0.2) is 25.3 Å². The van der Waals surface area contributed by atoms with Gasteiger partial charge < -0.3 is 0 Å². The summed E-state index contributed by atoms with van der Waals surface area (Å²) in [4.78, 5) is -0.743. The van der Waals surface area contributed by atoms with Gasteiger partial charge in [0.25, 0.3) is 0 Å². The van der Waals surface area contributed by atoms with E-state index >= 15 is 0 Å². The molecule has 0 aliphatic heterocycles. The van der Waals surface area contributed by atoms with E-state index < -0.39 is 30.8 Å². The molecule has 0 saturated carbocycles. The summed E-state index contributed by atoms with van der Waals surface area (Å²) in [5, 5.41) is 0. The van der Waals surface area contributed by atoms with Crippen LogP contribution in [0.15, 0.2) is 67.0 Å². The van der Waals surface area contributed by atoms with Gasteiger partial charge in [0.1, 0.15) is 11.4 Å². The van der Waals surface area contributed by atoms with E-state index in [9.17, 15) is 25.3 Å². The lowest BCUT2D eigenvalue weighted by Crippen LogP contribution is -2.02. The Kier molecular flexibility index (Phi) is 5.03. The molecule has 0 aliphatic rings. The monoisotopic (exact) mass is 372 g/mol. The normalized spacial score (nSPS) is 10.8. The first kappa shape index (κ1) is 17.0. The minimum absolute atomic E-state index is 0.279. The topological polar surface area (TPSA) is 127 Å². The number of sulfone groups is 1. The second kappa shape index (κ2) is 6.81. The Hall–Kier alpha value is -2.37. The number of rotatable bonds is 4. The van der Waals surface area contributed by atoms with E-state index in [1.807, 2.05) is 0 Å². The second-order valence-corrected chi connectivity index (χ2v) is 7.18. The van der Waals surface area contributed by atoms with Crippen LogP contribution in [0.5, 0.6) is 0 Å². The smallest absolute Gasteiger partial charge is 0.218 e. The van der Waals surface area contributed by atoms with Crippen molar-refractivity contribution in [1.29, 1.82) is 0 Å². The molecule has 0 fully saturated rings. The molecule has 0 aromatic heterocycles. The SMILES string of the molecule is O=S(=O)=Nc1ccccc1S(=O)(=O)c1ccccc1N=S(=O)=O. The van der Waals surface area contributed by atoms with E-state index in [0.29, 0.717) is 0 Å². The van der Waals surface area contributed by atoms with Crippen LogP contribution < -0.4 is 0 Å². The van der Waals surface area contributed by atoms with Crippen LogP contribution in [0.1, 0.15) is 0 Å². The molecule has 2 aromatic carbocycles. The van der Waals surface area contributed by atoms with Gasteiger partial charge in [0.15, 0.2) is 0 Å². The fourth-order valence-electron chi connectivity index (χ4n) is 1.80. The van der Waals surface area contributed by atoms with E-state index in [2.05, 4.69) is 8.73 Å². The molecular formula is C12H8N2O6S3. The predicted molar refractivity (Wildman–Crippen MR) is 80.4 cm³/mol. The van der Waals surface area contributed by atoms with Gasteiger partial charge in [0.05, 0.1) is 9.79 Å². The maximum absolute atomic E-state index is 12.7. The van der Waals surface area contributed by atoms with Crippen molar-refractivity contribution in [3.8, 4) is 0 Å². The Labute approximate surface area is 134 Å². The van der Waals surface area contributed by atoms with Crippen molar-refractivity contribution in [3.63, 3.8) is 0 Å². The van der Waals surface area contributed by atoms with Gasteiger partial charge in [0.2, 0.25) is 9.84 Å². The molecule has 120 valence electrons. The number of hydrogen-bond donors (Lipinski definition) is 0. The average Bonchev–Trinajstić information content (AvgIpc) is 2.46. The molecule has 11 heteroatoms. The van der Waals surface area contributed by atoms with Gasteiger partial charge in [-0.05, 0) is 24.3 Å². The number of nitrogens with zero attached hydrogens (tertiary/aromatic N) is 2. The third kappa shape index (κ3) is 3.88. The van der Waals surface area contributed by atoms with E-state index in [-0.39, 0.29) is 21.2 Å². The van der Waals surface area contributed by atoms with Crippen LogP contribution in [-0.2, 0) is 30.8 Å². The highest BCUT2D eigenvalue weighted by atomic mass is 32.2. The summed E-state index contributed by atoms with van der Waals surface area (Å²) in [5.74, 6) is 0. The second-order valence-electron chi connectivity index (χ2n) is 4.06. The Morgan fingerprint density at radius 1 is 0.652 bits per heavy atom. The Balaban J connectivity index is 2.81. The van der Waals surface area contributed by atoms with Crippen molar-refractivity contribution < 1.29 is 25.3 Å². The molecule has 8 nitrogen and oxygen atoms in total. The Bertz CT molecular complexity index is 1030. The predicted octanol–water partition coefficient (Wildman–Crippen LogP) is 1.91. The van der Waals surface area contributed by atoms with E-state index in [1.54, 1.807) is 0 Å².